The number of aromatic nitrogens is 1. The zero-order valence-electron chi connectivity index (χ0n) is 11.7. The number of rotatable bonds is 3. The van der Waals surface area contributed by atoms with Gasteiger partial charge in [-0.3, -0.25) is 9.52 Å². The molecule has 1 aromatic heterocycles. The fourth-order valence-corrected chi connectivity index (χ4v) is 4.55. The lowest BCUT2D eigenvalue weighted by molar-refractivity contribution is 0.601. The monoisotopic (exact) mass is 432 g/mol. The molecule has 2 aromatic carbocycles. The van der Waals surface area contributed by atoms with Crippen LogP contribution in [0.1, 0.15) is 0 Å². The first kappa shape index (κ1) is 16.5. The van der Waals surface area contributed by atoms with Crippen LogP contribution in [0.4, 0.5) is 5.69 Å². The van der Waals surface area contributed by atoms with Gasteiger partial charge >= 0.3 is 4.87 Å². The second-order valence-corrected chi connectivity index (χ2v) is 8.73. The van der Waals surface area contributed by atoms with E-state index in [-0.39, 0.29) is 9.77 Å². The zero-order valence-corrected chi connectivity index (χ0v) is 15.7. The van der Waals surface area contributed by atoms with E-state index in [0.717, 1.165) is 11.3 Å². The third-order valence-electron chi connectivity index (χ3n) is 3.25. The molecule has 0 bridgehead atoms. The highest BCUT2D eigenvalue weighted by molar-refractivity contribution is 9.10. The van der Waals surface area contributed by atoms with E-state index in [2.05, 4.69) is 20.7 Å². The summed E-state index contributed by atoms with van der Waals surface area (Å²) in [7, 11) is -2.12. The second-order valence-electron chi connectivity index (χ2n) is 4.79. The van der Waals surface area contributed by atoms with Crippen molar-refractivity contribution in [2.24, 2.45) is 7.05 Å². The molecule has 9 heteroatoms. The predicted molar refractivity (Wildman–Crippen MR) is 97.0 cm³/mol. The topological polar surface area (TPSA) is 68.2 Å². The Bertz CT molecular complexity index is 1070. The van der Waals surface area contributed by atoms with Crippen LogP contribution in [0.2, 0.25) is 5.02 Å². The van der Waals surface area contributed by atoms with Crippen molar-refractivity contribution in [2.45, 2.75) is 4.90 Å². The van der Waals surface area contributed by atoms with E-state index >= 15 is 0 Å². The van der Waals surface area contributed by atoms with E-state index < -0.39 is 10.0 Å². The number of aryl methyl sites for hydroxylation is 1. The van der Waals surface area contributed by atoms with Gasteiger partial charge in [0.05, 0.1) is 25.8 Å². The highest BCUT2D eigenvalue weighted by atomic mass is 79.9. The van der Waals surface area contributed by atoms with Gasteiger partial charge < -0.3 is 4.57 Å². The van der Waals surface area contributed by atoms with Crippen molar-refractivity contribution in [3.63, 3.8) is 0 Å². The van der Waals surface area contributed by atoms with Crippen molar-refractivity contribution < 1.29 is 8.42 Å². The van der Waals surface area contributed by atoms with Crippen molar-refractivity contribution >= 4 is 64.8 Å². The van der Waals surface area contributed by atoms with Crippen LogP contribution in [-0.4, -0.2) is 13.0 Å². The molecule has 0 saturated heterocycles. The Labute approximate surface area is 149 Å². The fourth-order valence-electron chi connectivity index (χ4n) is 2.06. The first-order valence-corrected chi connectivity index (χ1v) is 9.82. The Kier molecular flexibility index (Phi) is 4.26. The number of nitrogens with one attached hydrogen (secondary N) is 1. The molecular weight excluding hydrogens is 424 g/mol. The molecule has 1 N–H and O–H groups in total. The third-order valence-corrected chi connectivity index (χ3v) is 6.85. The number of thiazole rings is 1. The molecule has 3 aromatic rings. The number of hydrogen-bond donors (Lipinski definition) is 1. The van der Waals surface area contributed by atoms with Crippen LogP contribution in [0.15, 0.2) is 50.6 Å². The van der Waals surface area contributed by atoms with Crippen molar-refractivity contribution in [1.82, 2.24) is 4.57 Å². The van der Waals surface area contributed by atoms with E-state index in [1.54, 1.807) is 25.2 Å². The molecule has 0 aliphatic heterocycles. The molecular formula is C14H10BrClN2O3S2. The number of nitrogens with zero attached hydrogens (tertiary/aromatic N) is 1. The molecule has 1 heterocycles. The van der Waals surface area contributed by atoms with Crippen molar-refractivity contribution in [3.8, 4) is 0 Å². The standard InChI is InChI=1S/C14H10BrClN2O3S2/c1-18-12-5-3-9(7-13(12)22-14(18)19)23(20,21)17-8-2-4-10(15)11(16)6-8/h2-7,17H,1H3. The maximum Gasteiger partial charge on any atom is 0.307 e. The van der Waals surface area contributed by atoms with E-state index in [1.807, 2.05) is 0 Å². The van der Waals surface area contributed by atoms with Gasteiger partial charge in [-0.2, -0.15) is 0 Å². The fraction of sp³-hybridized carbons (Fsp3) is 0.0714. The van der Waals surface area contributed by atoms with Gasteiger partial charge in [0.2, 0.25) is 0 Å². The maximum absolute atomic E-state index is 12.5. The molecule has 0 aliphatic carbocycles. The smallest absolute Gasteiger partial charge is 0.302 e. The molecule has 0 saturated carbocycles. The van der Waals surface area contributed by atoms with Gasteiger partial charge in [-0.25, -0.2) is 8.42 Å². The minimum absolute atomic E-state index is 0.0888. The van der Waals surface area contributed by atoms with Crippen molar-refractivity contribution in [1.29, 1.82) is 0 Å². The molecule has 0 amide bonds. The van der Waals surface area contributed by atoms with Crippen LogP contribution in [0.3, 0.4) is 0 Å². The van der Waals surface area contributed by atoms with Gasteiger partial charge in [0.1, 0.15) is 0 Å². The normalized spacial score (nSPS) is 11.8. The Hall–Kier alpha value is -1.35. The largest absolute Gasteiger partial charge is 0.307 e. The average Bonchev–Trinajstić information content (AvgIpc) is 2.77. The first-order valence-electron chi connectivity index (χ1n) is 6.35. The van der Waals surface area contributed by atoms with Gasteiger partial charge in [0, 0.05) is 11.5 Å². The van der Waals surface area contributed by atoms with Crippen LogP contribution in [0, 0.1) is 0 Å². The number of sulfonamides is 1. The molecule has 3 rings (SSSR count). The SMILES string of the molecule is Cn1c(=O)sc2cc(S(=O)(=O)Nc3ccc(Br)c(Cl)c3)ccc21. The quantitative estimate of drug-likeness (QED) is 0.683. The molecule has 0 unspecified atom stereocenters. The number of anilines is 1. The van der Waals surface area contributed by atoms with Gasteiger partial charge in [0.15, 0.2) is 0 Å². The maximum atomic E-state index is 12.5. The second kappa shape index (κ2) is 5.94. The number of benzene rings is 2. The van der Waals surface area contributed by atoms with E-state index in [4.69, 9.17) is 11.6 Å². The summed E-state index contributed by atoms with van der Waals surface area (Å²) < 4.78 is 30.2. The lowest BCUT2D eigenvalue weighted by Gasteiger charge is -2.09. The number of halogens is 2. The summed E-state index contributed by atoms with van der Waals surface area (Å²) in [5.74, 6) is 0. The van der Waals surface area contributed by atoms with Gasteiger partial charge in [-0.1, -0.05) is 22.9 Å². The van der Waals surface area contributed by atoms with Gasteiger partial charge in [-0.05, 0) is 52.3 Å². The molecule has 23 heavy (non-hydrogen) atoms. The Morgan fingerprint density at radius 2 is 1.96 bits per heavy atom. The Morgan fingerprint density at radius 1 is 1.22 bits per heavy atom. The van der Waals surface area contributed by atoms with Crippen LogP contribution in [0.5, 0.6) is 0 Å². The molecule has 0 spiro atoms. The van der Waals surface area contributed by atoms with Crippen LogP contribution in [0.25, 0.3) is 10.2 Å². The lowest BCUT2D eigenvalue weighted by atomic mass is 10.3. The summed E-state index contributed by atoms with van der Waals surface area (Å²) in [6.07, 6.45) is 0. The highest BCUT2D eigenvalue weighted by Gasteiger charge is 2.16. The molecule has 0 aliphatic rings. The van der Waals surface area contributed by atoms with Crippen LogP contribution in [-0.2, 0) is 17.1 Å². The van der Waals surface area contributed by atoms with Gasteiger partial charge in [0.25, 0.3) is 10.0 Å². The number of fused-ring (bicyclic) bond motifs is 1. The summed E-state index contributed by atoms with van der Waals surface area (Å²) in [6, 6.07) is 9.36. The Morgan fingerprint density at radius 3 is 2.65 bits per heavy atom. The minimum Gasteiger partial charge on any atom is -0.302 e. The van der Waals surface area contributed by atoms with E-state index in [0.29, 0.717) is 25.4 Å². The molecule has 5 nitrogen and oxygen atoms in total. The average molecular weight is 434 g/mol. The molecule has 0 fully saturated rings. The first-order chi connectivity index (χ1) is 10.8. The van der Waals surface area contributed by atoms with Crippen LogP contribution < -0.4 is 9.60 Å². The summed E-state index contributed by atoms with van der Waals surface area (Å²) >= 11 is 10.2. The lowest BCUT2D eigenvalue weighted by Crippen LogP contribution is -2.13. The van der Waals surface area contributed by atoms with Crippen molar-refractivity contribution in [3.05, 3.63) is 55.6 Å². The summed E-state index contributed by atoms with van der Waals surface area (Å²) in [5.41, 5.74) is 1.06. The third kappa shape index (κ3) is 3.16. The highest BCUT2D eigenvalue weighted by Crippen LogP contribution is 2.28. The van der Waals surface area contributed by atoms with Crippen molar-refractivity contribution in [2.75, 3.05) is 4.72 Å². The Balaban J connectivity index is 2.01. The van der Waals surface area contributed by atoms with Crippen LogP contribution >= 0.6 is 38.9 Å². The number of hydrogen-bond acceptors (Lipinski definition) is 4. The van der Waals surface area contributed by atoms with E-state index in [1.165, 1.54) is 22.8 Å². The summed E-state index contributed by atoms with van der Waals surface area (Å²) in [5, 5.41) is 0.405. The predicted octanol–water partition coefficient (Wildman–Crippen LogP) is 3.82. The van der Waals surface area contributed by atoms with E-state index in [9.17, 15) is 13.2 Å². The molecule has 0 atom stereocenters. The summed E-state index contributed by atoms with van der Waals surface area (Å²) in [6.45, 7) is 0. The van der Waals surface area contributed by atoms with Gasteiger partial charge in [-0.15, -0.1) is 0 Å². The summed E-state index contributed by atoms with van der Waals surface area (Å²) in [4.78, 5) is 11.6. The zero-order chi connectivity index (χ0) is 16.8. The molecule has 120 valence electrons. The molecule has 0 radical (unpaired) electrons. The minimum atomic E-state index is -3.77.